The maximum absolute atomic E-state index is 11.6. The molecule has 0 spiro atoms. The molecule has 7 heteroatoms. The van der Waals surface area contributed by atoms with Gasteiger partial charge in [-0.05, 0) is 13.3 Å². The largest absolute Gasteiger partial charge is 0.355 e. The lowest BCUT2D eigenvalue weighted by molar-refractivity contribution is -0.122. The second-order valence-electron chi connectivity index (χ2n) is 4.92. The van der Waals surface area contributed by atoms with Crippen molar-refractivity contribution in [2.24, 2.45) is 0 Å². The van der Waals surface area contributed by atoms with Crippen LogP contribution in [0.4, 0.5) is 5.13 Å². The summed E-state index contributed by atoms with van der Waals surface area (Å²) in [4.78, 5) is 20.7. The number of aromatic nitrogens is 2. The predicted molar refractivity (Wildman–Crippen MR) is 81.2 cm³/mol. The van der Waals surface area contributed by atoms with E-state index in [1.54, 1.807) is 0 Å². The first kappa shape index (κ1) is 15.2. The van der Waals surface area contributed by atoms with Gasteiger partial charge in [-0.15, -0.1) is 0 Å². The third kappa shape index (κ3) is 4.14. The zero-order valence-corrected chi connectivity index (χ0v) is 13.1. The first-order chi connectivity index (χ1) is 9.72. The number of amides is 1. The van der Waals surface area contributed by atoms with Crippen molar-refractivity contribution in [1.29, 1.82) is 0 Å². The molecule has 0 saturated carbocycles. The van der Waals surface area contributed by atoms with E-state index in [1.165, 1.54) is 11.5 Å². The van der Waals surface area contributed by atoms with E-state index in [-0.39, 0.29) is 5.91 Å². The van der Waals surface area contributed by atoms with Crippen LogP contribution in [0.2, 0.25) is 0 Å². The molecule has 1 aromatic rings. The molecule has 0 atom stereocenters. The predicted octanol–water partition coefficient (Wildman–Crippen LogP) is 0.749. The molecule has 1 amide bonds. The molecule has 20 heavy (non-hydrogen) atoms. The lowest BCUT2D eigenvalue weighted by Crippen LogP contribution is -2.39. The normalized spacial score (nSPS) is 17.0. The van der Waals surface area contributed by atoms with Crippen LogP contribution in [0.5, 0.6) is 0 Å². The number of anilines is 1. The first-order valence-corrected chi connectivity index (χ1v) is 8.06. The average molecular weight is 297 g/mol. The number of nitrogens with zero attached hydrogens (tertiary/aromatic N) is 4. The van der Waals surface area contributed by atoms with E-state index in [4.69, 9.17) is 0 Å². The summed E-state index contributed by atoms with van der Waals surface area (Å²) in [5.41, 5.74) is 0. The summed E-state index contributed by atoms with van der Waals surface area (Å²) >= 11 is 1.48. The Morgan fingerprint density at radius 1 is 1.30 bits per heavy atom. The molecule has 0 radical (unpaired) electrons. The van der Waals surface area contributed by atoms with Crippen LogP contribution in [0.15, 0.2) is 0 Å². The number of carbonyl (C=O) groups is 1. The number of rotatable bonds is 5. The number of aryl methyl sites for hydroxylation is 1. The van der Waals surface area contributed by atoms with Crippen molar-refractivity contribution < 1.29 is 4.79 Å². The van der Waals surface area contributed by atoms with Crippen molar-refractivity contribution in [3.8, 4) is 0 Å². The number of hydrogen-bond donors (Lipinski definition) is 1. The van der Waals surface area contributed by atoms with Gasteiger partial charge >= 0.3 is 0 Å². The summed E-state index contributed by atoms with van der Waals surface area (Å²) in [6, 6.07) is 0. The highest BCUT2D eigenvalue weighted by Crippen LogP contribution is 2.19. The smallest absolute Gasteiger partial charge is 0.234 e. The standard InChI is InChI=1S/C13H23N5OS/c1-3-11-15-13(20-16-11)18-7-5-6-17(8-9-18)10-12(19)14-4-2/h3-10H2,1-2H3,(H,14,19). The van der Waals surface area contributed by atoms with Crippen molar-refractivity contribution >= 4 is 22.6 Å². The average Bonchev–Trinajstić information content (AvgIpc) is 2.80. The second-order valence-corrected chi connectivity index (χ2v) is 5.65. The fourth-order valence-corrected chi connectivity index (χ4v) is 3.09. The summed E-state index contributed by atoms with van der Waals surface area (Å²) in [5, 5.41) is 3.87. The lowest BCUT2D eigenvalue weighted by Gasteiger charge is -2.20. The first-order valence-electron chi connectivity index (χ1n) is 7.29. The molecule has 1 aromatic heterocycles. The molecule has 1 fully saturated rings. The third-order valence-electron chi connectivity index (χ3n) is 3.37. The van der Waals surface area contributed by atoms with Crippen LogP contribution in [0.1, 0.15) is 26.1 Å². The second kappa shape index (κ2) is 7.54. The van der Waals surface area contributed by atoms with E-state index in [1.807, 2.05) is 6.92 Å². The Kier molecular flexibility index (Phi) is 5.72. The molecular formula is C13H23N5OS. The Morgan fingerprint density at radius 2 is 2.15 bits per heavy atom. The Bertz CT molecular complexity index is 436. The van der Waals surface area contributed by atoms with Gasteiger partial charge in [-0.25, -0.2) is 4.98 Å². The number of likely N-dealkylation sites (N-methyl/N-ethyl adjacent to an activating group) is 1. The van der Waals surface area contributed by atoms with Crippen LogP contribution < -0.4 is 10.2 Å². The molecule has 0 aliphatic carbocycles. The summed E-state index contributed by atoms with van der Waals surface area (Å²) in [6.07, 6.45) is 1.94. The summed E-state index contributed by atoms with van der Waals surface area (Å²) < 4.78 is 4.34. The fraction of sp³-hybridized carbons (Fsp3) is 0.769. The van der Waals surface area contributed by atoms with Crippen LogP contribution in [0, 0.1) is 0 Å². The number of nitrogens with one attached hydrogen (secondary N) is 1. The maximum atomic E-state index is 11.6. The van der Waals surface area contributed by atoms with Crippen LogP contribution in [0.3, 0.4) is 0 Å². The van der Waals surface area contributed by atoms with E-state index in [9.17, 15) is 4.79 Å². The van der Waals surface area contributed by atoms with Crippen LogP contribution in [-0.4, -0.2) is 59.4 Å². The Morgan fingerprint density at radius 3 is 2.85 bits per heavy atom. The Labute approximate surface area is 124 Å². The van der Waals surface area contributed by atoms with Gasteiger partial charge in [0.05, 0.1) is 6.54 Å². The molecule has 2 heterocycles. The van der Waals surface area contributed by atoms with Crippen molar-refractivity contribution in [1.82, 2.24) is 19.6 Å². The quantitative estimate of drug-likeness (QED) is 0.869. The van der Waals surface area contributed by atoms with E-state index >= 15 is 0 Å². The highest BCUT2D eigenvalue weighted by molar-refractivity contribution is 7.09. The van der Waals surface area contributed by atoms with Crippen LogP contribution >= 0.6 is 11.5 Å². The molecule has 2 rings (SSSR count). The van der Waals surface area contributed by atoms with Gasteiger partial charge in [0.2, 0.25) is 11.0 Å². The zero-order chi connectivity index (χ0) is 14.4. The monoisotopic (exact) mass is 297 g/mol. The fourth-order valence-electron chi connectivity index (χ4n) is 2.29. The van der Waals surface area contributed by atoms with E-state index in [0.717, 1.165) is 50.0 Å². The van der Waals surface area contributed by atoms with Gasteiger partial charge in [0.25, 0.3) is 0 Å². The van der Waals surface area contributed by atoms with Gasteiger partial charge in [0.15, 0.2) is 0 Å². The highest BCUT2D eigenvalue weighted by Gasteiger charge is 2.19. The third-order valence-corrected chi connectivity index (χ3v) is 4.19. The SMILES string of the molecule is CCNC(=O)CN1CCCN(c2nc(CC)ns2)CC1. The molecule has 112 valence electrons. The molecule has 1 saturated heterocycles. The lowest BCUT2D eigenvalue weighted by atomic mass is 10.4. The Balaban J connectivity index is 1.87. The minimum absolute atomic E-state index is 0.116. The summed E-state index contributed by atoms with van der Waals surface area (Å²) in [5.74, 6) is 1.04. The minimum Gasteiger partial charge on any atom is -0.355 e. The highest BCUT2D eigenvalue weighted by atomic mass is 32.1. The maximum Gasteiger partial charge on any atom is 0.234 e. The van der Waals surface area contributed by atoms with E-state index in [2.05, 4.69) is 31.4 Å². The number of hydrogen-bond acceptors (Lipinski definition) is 6. The van der Waals surface area contributed by atoms with Crippen LogP contribution in [0.25, 0.3) is 0 Å². The van der Waals surface area contributed by atoms with Crippen molar-refractivity contribution in [3.05, 3.63) is 5.82 Å². The molecule has 1 N–H and O–H groups in total. The van der Waals surface area contributed by atoms with E-state index < -0.39 is 0 Å². The van der Waals surface area contributed by atoms with Crippen molar-refractivity contribution in [3.63, 3.8) is 0 Å². The molecule has 1 aliphatic rings. The summed E-state index contributed by atoms with van der Waals surface area (Å²) in [7, 11) is 0. The van der Waals surface area contributed by atoms with Gasteiger partial charge < -0.3 is 10.2 Å². The topological polar surface area (TPSA) is 61.4 Å². The van der Waals surface area contributed by atoms with Crippen molar-refractivity contribution in [2.45, 2.75) is 26.7 Å². The molecule has 0 unspecified atom stereocenters. The molecule has 0 aromatic carbocycles. The van der Waals surface area contributed by atoms with Crippen molar-refractivity contribution in [2.75, 3.05) is 44.2 Å². The summed E-state index contributed by atoms with van der Waals surface area (Å²) in [6.45, 7) is 8.99. The van der Waals surface area contributed by atoms with Gasteiger partial charge in [-0.3, -0.25) is 9.69 Å². The van der Waals surface area contributed by atoms with Gasteiger partial charge in [-0.1, -0.05) is 6.92 Å². The van der Waals surface area contributed by atoms with Crippen LogP contribution in [-0.2, 0) is 11.2 Å². The van der Waals surface area contributed by atoms with Gasteiger partial charge in [0.1, 0.15) is 5.82 Å². The molecular weight excluding hydrogens is 274 g/mol. The molecule has 6 nitrogen and oxygen atoms in total. The molecule has 1 aliphatic heterocycles. The zero-order valence-electron chi connectivity index (χ0n) is 12.3. The number of carbonyl (C=O) groups excluding carboxylic acids is 1. The van der Waals surface area contributed by atoms with E-state index in [0.29, 0.717) is 13.1 Å². The van der Waals surface area contributed by atoms with Gasteiger partial charge in [0, 0.05) is 50.7 Å². The Hall–Kier alpha value is -1.21. The molecule has 0 bridgehead atoms. The van der Waals surface area contributed by atoms with Gasteiger partial charge in [-0.2, -0.15) is 4.37 Å². The minimum atomic E-state index is 0.116.